The van der Waals surface area contributed by atoms with Crippen LogP contribution in [-0.4, -0.2) is 37.1 Å². The summed E-state index contributed by atoms with van der Waals surface area (Å²) in [6.45, 7) is 14.3. The third kappa shape index (κ3) is 5.87. The highest BCUT2D eigenvalue weighted by atomic mass is 15.1. The summed E-state index contributed by atoms with van der Waals surface area (Å²) in [6.07, 6.45) is 6.61. The standard InChI is InChI=1S/C15H32N2/c1-5-10-17-11-7-8-14(9-12-17)16-13-15(3,4)6-2/h14,16H,5-13H2,1-4H3. The molecule has 0 spiro atoms. The van der Waals surface area contributed by atoms with E-state index >= 15 is 0 Å². The molecule has 2 heteroatoms. The molecule has 1 unspecified atom stereocenters. The Balaban J connectivity index is 2.27. The lowest BCUT2D eigenvalue weighted by Crippen LogP contribution is -2.37. The molecule has 1 aliphatic rings. The van der Waals surface area contributed by atoms with Gasteiger partial charge in [-0.15, -0.1) is 0 Å². The van der Waals surface area contributed by atoms with E-state index in [4.69, 9.17) is 0 Å². The van der Waals surface area contributed by atoms with Crippen LogP contribution in [0, 0.1) is 5.41 Å². The molecule has 1 fully saturated rings. The molecule has 1 heterocycles. The monoisotopic (exact) mass is 240 g/mol. The summed E-state index contributed by atoms with van der Waals surface area (Å²) >= 11 is 0. The molecular formula is C15H32N2. The summed E-state index contributed by atoms with van der Waals surface area (Å²) in [7, 11) is 0. The maximum atomic E-state index is 3.79. The van der Waals surface area contributed by atoms with Crippen molar-refractivity contribution in [2.24, 2.45) is 5.41 Å². The summed E-state index contributed by atoms with van der Waals surface area (Å²) in [5, 5.41) is 3.79. The lowest BCUT2D eigenvalue weighted by atomic mass is 9.90. The average Bonchev–Trinajstić information content (AvgIpc) is 2.53. The van der Waals surface area contributed by atoms with Crippen LogP contribution in [0.4, 0.5) is 0 Å². The molecule has 0 amide bonds. The van der Waals surface area contributed by atoms with Crippen molar-refractivity contribution in [3.63, 3.8) is 0 Å². The zero-order valence-corrected chi connectivity index (χ0v) is 12.4. The molecule has 2 nitrogen and oxygen atoms in total. The Morgan fingerprint density at radius 1 is 1.18 bits per heavy atom. The van der Waals surface area contributed by atoms with E-state index in [1.165, 1.54) is 58.3 Å². The average molecular weight is 240 g/mol. The van der Waals surface area contributed by atoms with Gasteiger partial charge in [-0.2, -0.15) is 0 Å². The molecular weight excluding hydrogens is 208 g/mol. The number of nitrogens with zero attached hydrogens (tertiary/aromatic N) is 1. The smallest absolute Gasteiger partial charge is 0.00799 e. The quantitative estimate of drug-likeness (QED) is 0.766. The Labute approximate surface area is 108 Å². The van der Waals surface area contributed by atoms with E-state index in [0.29, 0.717) is 5.41 Å². The van der Waals surface area contributed by atoms with Crippen molar-refractivity contribution in [1.82, 2.24) is 10.2 Å². The minimum absolute atomic E-state index is 0.454. The van der Waals surface area contributed by atoms with Gasteiger partial charge in [0.15, 0.2) is 0 Å². The van der Waals surface area contributed by atoms with Gasteiger partial charge in [0.1, 0.15) is 0 Å². The number of nitrogens with one attached hydrogen (secondary N) is 1. The zero-order chi connectivity index (χ0) is 12.7. The molecule has 17 heavy (non-hydrogen) atoms. The Morgan fingerprint density at radius 3 is 2.59 bits per heavy atom. The topological polar surface area (TPSA) is 15.3 Å². The van der Waals surface area contributed by atoms with Gasteiger partial charge < -0.3 is 10.2 Å². The first-order valence-corrected chi connectivity index (χ1v) is 7.53. The Hall–Kier alpha value is -0.0800. The van der Waals surface area contributed by atoms with Crippen molar-refractivity contribution < 1.29 is 0 Å². The van der Waals surface area contributed by atoms with Crippen molar-refractivity contribution in [2.45, 2.75) is 65.8 Å². The predicted octanol–water partition coefficient (Wildman–Crippen LogP) is 3.28. The summed E-state index contributed by atoms with van der Waals surface area (Å²) < 4.78 is 0. The first-order valence-electron chi connectivity index (χ1n) is 7.53. The van der Waals surface area contributed by atoms with Crippen LogP contribution in [0.2, 0.25) is 0 Å². The van der Waals surface area contributed by atoms with Crippen LogP contribution in [-0.2, 0) is 0 Å². The maximum Gasteiger partial charge on any atom is 0.00799 e. The van der Waals surface area contributed by atoms with Crippen LogP contribution in [0.1, 0.15) is 59.8 Å². The second-order valence-electron chi connectivity index (χ2n) is 6.37. The molecule has 0 saturated carbocycles. The molecule has 1 atom stereocenters. The van der Waals surface area contributed by atoms with Gasteiger partial charge in [-0.05, 0) is 57.2 Å². The summed E-state index contributed by atoms with van der Waals surface area (Å²) in [5.41, 5.74) is 0.454. The number of likely N-dealkylation sites (tertiary alicyclic amines) is 1. The van der Waals surface area contributed by atoms with Gasteiger partial charge in [0.25, 0.3) is 0 Å². The van der Waals surface area contributed by atoms with Crippen LogP contribution >= 0.6 is 0 Å². The highest BCUT2D eigenvalue weighted by Gasteiger charge is 2.20. The minimum Gasteiger partial charge on any atom is -0.313 e. The molecule has 0 aromatic carbocycles. The molecule has 102 valence electrons. The van der Waals surface area contributed by atoms with E-state index in [1.54, 1.807) is 0 Å². The first kappa shape index (κ1) is 15.0. The Morgan fingerprint density at radius 2 is 1.94 bits per heavy atom. The molecule has 0 bridgehead atoms. The van der Waals surface area contributed by atoms with E-state index in [-0.39, 0.29) is 0 Å². The van der Waals surface area contributed by atoms with Crippen molar-refractivity contribution in [1.29, 1.82) is 0 Å². The fourth-order valence-electron chi connectivity index (χ4n) is 2.45. The van der Waals surface area contributed by atoms with Crippen LogP contribution < -0.4 is 5.32 Å². The van der Waals surface area contributed by atoms with E-state index < -0.39 is 0 Å². The fraction of sp³-hybridized carbons (Fsp3) is 1.00. The van der Waals surface area contributed by atoms with Crippen LogP contribution in [0.5, 0.6) is 0 Å². The van der Waals surface area contributed by atoms with Gasteiger partial charge in [0, 0.05) is 12.6 Å². The third-order valence-electron chi connectivity index (χ3n) is 4.19. The molecule has 1 rings (SSSR count). The summed E-state index contributed by atoms with van der Waals surface area (Å²) in [6, 6.07) is 0.752. The molecule has 1 aliphatic heterocycles. The molecule has 0 aliphatic carbocycles. The number of hydrogen-bond donors (Lipinski definition) is 1. The van der Waals surface area contributed by atoms with Gasteiger partial charge in [-0.25, -0.2) is 0 Å². The SMILES string of the molecule is CCCN1CCCC(NCC(C)(C)CC)CC1. The van der Waals surface area contributed by atoms with Crippen molar-refractivity contribution in [2.75, 3.05) is 26.2 Å². The van der Waals surface area contributed by atoms with E-state index in [9.17, 15) is 0 Å². The second-order valence-corrected chi connectivity index (χ2v) is 6.37. The minimum atomic E-state index is 0.454. The third-order valence-corrected chi connectivity index (χ3v) is 4.19. The number of hydrogen-bond acceptors (Lipinski definition) is 2. The molecule has 0 radical (unpaired) electrons. The van der Waals surface area contributed by atoms with Gasteiger partial charge in [0.2, 0.25) is 0 Å². The highest BCUT2D eigenvalue weighted by Crippen LogP contribution is 2.19. The lowest BCUT2D eigenvalue weighted by molar-refractivity contribution is 0.275. The lowest BCUT2D eigenvalue weighted by Gasteiger charge is -2.27. The second kappa shape index (κ2) is 7.38. The summed E-state index contributed by atoms with van der Waals surface area (Å²) in [5.74, 6) is 0. The molecule has 0 aromatic heterocycles. The summed E-state index contributed by atoms with van der Waals surface area (Å²) in [4.78, 5) is 2.63. The van der Waals surface area contributed by atoms with Crippen LogP contribution in [0.15, 0.2) is 0 Å². The van der Waals surface area contributed by atoms with Crippen molar-refractivity contribution in [3.8, 4) is 0 Å². The normalized spacial score (nSPS) is 23.6. The Bertz CT molecular complexity index is 201. The van der Waals surface area contributed by atoms with Gasteiger partial charge >= 0.3 is 0 Å². The largest absolute Gasteiger partial charge is 0.313 e. The van der Waals surface area contributed by atoms with Gasteiger partial charge in [-0.1, -0.05) is 27.7 Å². The van der Waals surface area contributed by atoms with E-state index in [0.717, 1.165) is 6.04 Å². The predicted molar refractivity (Wildman–Crippen MR) is 76.4 cm³/mol. The van der Waals surface area contributed by atoms with E-state index in [2.05, 4.69) is 37.9 Å². The van der Waals surface area contributed by atoms with Gasteiger partial charge in [0.05, 0.1) is 0 Å². The van der Waals surface area contributed by atoms with Crippen LogP contribution in [0.25, 0.3) is 0 Å². The van der Waals surface area contributed by atoms with Crippen molar-refractivity contribution >= 4 is 0 Å². The van der Waals surface area contributed by atoms with Crippen molar-refractivity contribution in [3.05, 3.63) is 0 Å². The molecule has 0 aromatic rings. The maximum absolute atomic E-state index is 3.79. The van der Waals surface area contributed by atoms with E-state index in [1.807, 2.05) is 0 Å². The highest BCUT2D eigenvalue weighted by molar-refractivity contribution is 4.78. The van der Waals surface area contributed by atoms with Gasteiger partial charge in [-0.3, -0.25) is 0 Å². The Kier molecular flexibility index (Phi) is 6.50. The zero-order valence-electron chi connectivity index (χ0n) is 12.4. The molecule has 1 saturated heterocycles. The molecule has 1 N–H and O–H groups in total. The van der Waals surface area contributed by atoms with Crippen LogP contribution in [0.3, 0.4) is 0 Å². The number of rotatable bonds is 6. The first-order chi connectivity index (χ1) is 8.07. The fourth-order valence-corrected chi connectivity index (χ4v) is 2.45.